The Kier molecular flexibility index (Phi) is 7.73. The molecule has 1 aromatic rings. The third-order valence-electron chi connectivity index (χ3n) is 2.91. The Morgan fingerprint density at radius 2 is 1.80 bits per heavy atom. The van der Waals surface area contributed by atoms with E-state index in [0.29, 0.717) is 25.8 Å². The predicted octanol–water partition coefficient (Wildman–Crippen LogP) is 3.31. The van der Waals surface area contributed by atoms with E-state index in [1.54, 1.807) is 12.1 Å². The molecule has 0 saturated heterocycles. The molecule has 0 aliphatic rings. The van der Waals surface area contributed by atoms with Gasteiger partial charge < -0.3 is 14.8 Å². The molecule has 0 radical (unpaired) electrons. The van der Waals surface area contributed by atoms with Gasteiger partial charge in [-0.2, -0.15) is 0 Å². The molecule has 0 spiro atoms. The highest BCUT2D eigenvalue weighted by Crippen LogP contribution is 2.19. The fourth-order valence-electron chi connectivity index (χ4n) is 1.87. The Morgan fingerprint density at radius 3 is 2.35 bits per heavy atom. The number of ether oxygens (including phenoxy) is 2. The smallest absolute Gasteiger partial charge is 0.123 e. The number of hydrogen-bond acceptors (Lipinski definition) is 3. The average Bonchev–Trinajstić information content (AvgIpc) is 2.42. The van der Waals surface area contributed by atoms with Crippen molar-refractivity contribution in [3.63, 3.8) is 0 Å². The Balaban J connectivity index is 2.66. The molecule has 1 aromatic carbocycles. The number of halogens is 1. The zero-order valence-electron chi connectivity index (χ0n) is 12.9. The van der Waals surface area contributed by atoms with Crippen molar-refractivity contribution in [3.05, 3.63) is 35.6 Å². The Hall–Kier alpha value is -0.970. The molecule has 0 aliphatic heterocycles. The Morgan fingerprint density at radius 1 is 1.15 bits per heavy atom. The Labute approximate surface area is 121 Å². The normalized spacial score (nSPS) is 14.5. The van der Waals surface area contributed by atoms with Crippen LogP contribution in [0, 0.1) is 5.82 Å². The number of rotatable bonds is 9. The van der Waals surface area contributed by atoms with E-state index < -0.39 is 0 Å². The minimum Gasteiger partial charge on any atom is -0.379 e. The second-order valence-corrected chi connectivity index (χ2v) is 5.21. The van der Waals surface area contributed by atoms with Crippen molar-refractivity contribution in [2.75, 3.05) is 19.8 Å². The lowest BCUT2D eigenvalue weighted by molar-refractivity contribution is -0.0475. The summed E-state index contributed by atoms with van der Waals surface area (Å²) in [5.41, 5.74) is 0.975. The molecule has 0 bridgehead atoms. The highest BCUT2D eigenvalue weighted by molar-refractivity contribution is 5.19. The van der Waals surface area contributed by atoms with E-state index >= 15 is 0 Å². The monoisotopic (exact) mass is 283 g/mol. The van der Waals surface area contributed by atoms with E-state index in [9.17, 15) is 4.39 Å². The lowest BCUT2D eigenvalue weighted by Gasteiger charge is -2.24. The van der Waals surface area contributed by atoms with Crippen molar-refractivity contribution in [2.45, 2.75) is 45.9 Å². The first-order valence-electron chi connectivity index (χ1n) is 7.25. The lowest BCUT2D eigenvalue weighted by atomic mass is 10.1. The van der Waals surface area contributed by atoms with Gasteiger partial charge in [-0.3, -0.25) is 0 Å². The first-order chi connectivity index (χ1) is 9.52. The fraction of sp³-hybridized carbons (Fsp3) is 0.625. The minimum atomic E-state index is -0.230. The van der Waals surface area contributed by atoms with Gasteiger partial charge in [-0.05, 0) is 31.5 Å². The Bertz CT molecular complexity index is 367. The zero-order chi connectivity index (χ0) is 15.0. The molecular weight excluding hydrogens is 257 g/mol. The van der Waals surface area contributed by atoms with Crippen LogP contribution < -0.4 is 5.32 Å². The van der Waals surface area contributed by atoms with E-state index in [2.05, 4.69) is 19.2 Å². The summed E-state index contributed by atoms with van der Waals surface area (Å²) in [6.07, 6.45) is -0.104. The summed E-state index contributed by atoms with van der Waals surface area (Å²) in [6.45, 7) is 10.1. The summed E-state index contributed by atoms with van der Waals surface area (Å²) in [7, 11) is 0. The summed E-state index contributed by atoms with van der Waals surface area (Å²) in [6, 6.07) is 6.86. The van der Waals surface area contributed by atoms with Crippen molar-refractivity contribution in [2.24, 2.45) is 0 Å². The lowest BCUT2D eigenvalue weighted by Crippen LogP contribution is -2.31. The van der Waals surface area contributed by atoms with Crippen LogP contribution in [0.1, 0.15) is 39.4 Å². The molecule has 20 heavy (non-hydrogen) atoms. The van der Waals surface area contributed by atoms with E-state index in [-0.39, 0.29) is 18.0 Å². The maximum absolute atomic E-state index is 13.0. The second kappa shape index (κ2) is 9.06. The van der Waals surface area contributed by atoms with E-state index in [1.165, 1.54) is 12.1 Å². The van der Waals surface area contributed by atoms with Crippen molar-refractivity contribution in [3.8, 4) is 0 Å². The van der Waals surface area contributed by atoms with Crippen LogP contribution in [-0.2, 0) is 9.47 Å². The highest BCUT2D eigenvalue weighted by atomic mass is 19.1. The van der Waals surface area contributed by atoms with Crippen LogP contribution in [0.25, 0.3) is 0 Å². The van der Waals surface area contributed by atoms with Gasteiger partial charge in [-0.25, -0.2) is 4.39 Å². The highest BCUT2D eigenvalue weighted by Gasteiger charge is 2.16. The van der Waals surface area contributed by atoms with Gasteiger partial charge in [0.2, 0.25) is 0 Å². The molecule has 0 amide bonds. The third kappa shape index (κ3) is 6.46. The molecule has 1 N–H and O–H groups in total. The number of nitrogens with one attached hydrogen (secondary N) is 1. The van der Waals surface area contributed by atoms with Crippen LogP contribution in [0.3, 0.4) is 0 Å². The molecule has 0 aliphatic carbocycles. The van der Waals surface area contributed by atoms with Gasteiger partial charge in [-0.1, -0.05) is 26.0 Å². The maximum atomic E-state index is 13.0. The van der Waals surface area contributed by atoms with Crippen LogP contribution in [0.2, 0.25) is 0 Å². The summed E-state index contributed by atoms with van der Waals surface area (Å²) < 4.78 is 24.4. The fourth-order valence-corrected chi connectivity index (χ4v) is 1.87. The molecule has 0 aromatic heterocycles. The summed E-state index contributed by atoms with van der Waals surface area (Å²) in [4.78, 5) is 0. The van der Waals surface area contributed by atoms with Gasteiger partial charge in [0.1, 0.15) is 5.82 Å². The standard InChI is InChI=1S/C16H26FNO2/c1-5-19-11-13(4)20-16(10-18-12(2)3)14-6-8-15(17)9-7-14/h6-9,12-13,16,18H,5,10-11H2,1-4H3. The largest absolute Gasteiger partial charge is 0.379 e. The molecular formula is C16H26FNO2. The van der Waals surface area contributed by atoms with Gasteiger partial charge in [0, 0.05) is 19.2 Å². The van der Waals surface area contributed by atoms with Gasteiger partial charge in [0.05, 0.1) is 18.8 Å². The maximum Gasteiger partial charge on any atom is 0.123 e. The average molecular weight is 283 g/mol. The van der Waals surface area contributed by atoms with Crippen molar-refractivity contribution < 1.29 is 13.9 Å². The molecule has 0 heterocycles. The quantitative estimate of drug-likeness (QED) is 0.754. The van der Waals surface area contributed by atoms with Gasteiger partial charge in [-0.15, -0.1) is 0 Å². The molecule has 4 heteroatoms. The molecule has 3 nitrogen and oxygen atoms in total. The number of benzene rings is 1. The van der Waals surface area contributed by atoms with Crippen LogP contribution in [0.4, 0.5) is 4.39 Å². The van der Waals surface area contributed by atoms with Crippen LogP contribution in [-0.4, -0.2) is 31.9 Å². The molecule has 2 unspecified atom stereocenters. The topological polar surface area (TPSA) is 30.5 Å². The SMILES string of the molecule is CCOCC(C)OC(CNC(C)C)c1ccc(F)cc1. The van der Waals surface area contributed by atoms with Crippen molar-refractivity contribution >= 4 is 0 Å². The zero-order valence-corrected chi connectivity index (χ0v) is 12.9. The molecule has 1 rings (SSSR count). The van der Waals surface area contributed by atoms with Gasteiger partial charge in [0.25, 0.3) is 0 Å². The first kappa shape index (κ1) is 17.1. The minimum absolute atomic E-state index is 0.000958. The first-order valence-corrected chi connectivity index (χ1v) is 7.25. The molecule has 0 fully saturated rings. The van der Waals surface area contributed by atoms with E-state index in [4.69, 9.17) is 9.47 Å². The van der Waals surface area contributed by atoms with E-state index in [1.807, 2.05) is 13.8 Å². The molecule has 0 saturated carbocycles. The second-order valence-electron chi connectivity index (χ2n) is 5.21. The van der Waals surface area contributed by atoms with E-state index in [0.717, 1.165) is 5.56 Å². The van der Waals surface area contributed by atoms with Crippen molar-refractivity contribution in [1.29, 1.82) is 0 Å². The predicted molar refractivity (Wildman–Crippen MR) is 79.3 cm³/mol. The molecule has 114 valence electrons. The summed E-state index contributed by atoms with van der Waals surface area (Å²) in [5, 5.41) is 3.36. The van der Waals surface area contributed by atoms with Crippen LogP contribution >= 0.6 is 0 Å². The molecule has 2 atom stereocenters. The van der Waals surface area contributed by atoms with Gasteiger partial charge >= 0.3 is 0 Å². The summed E-state index contributed by atoms with van der Waals surface area (Å²) in [5.74, 6) is -0.230. The van der Waals surface area contributed by atoms with Crippen molar-refractivity contribution in [1.82, 2.24) is 5.32 Å². The number of hydrogen-bond donors (Lipinski definition) is 1. The summed E-state index contributed by atoms with van der Waals surface area (Å²) >= 11 is 0. The third-order valence-corrected chi connectivity index (χ3v) is 2.91. The van der Waals surface area contributed by atoms with Gasteiger partial charge in [0.15, 0.2) is 0 Å². The van der Waals surface area contributed by atoms with Crippen LogP contribution in [0.5, 0.6) is 0 Å². The van der Waals surface area contributed by atoms with Crippen LogP contribution in [0.15, 0.2) is 24.3 Å².